The quantitative estimate of drug-likeness (QED) is 0.163. The van der Waals surface area contributed by atoms with Gasteiger partial charge in [-0.2, -0.15) is 5.26 Å². The molecule has 4 heteroatoms. The van der Waals surface area contributed by atoms with Crippen molar-refractivity contribution in [2.24, 2.45) is 0 Å². The van der Waals surface area contributed by atoms with Crippen LogP contribution in [-0.2, 0) is 12.8 Å². The number of halogens is 2. The van der Waals surface area contributed by atoms with Gasteiger partial charge < -0.3 is 0 Å². The first-order valence-corrected chi connectivity index (χ1v) is 13.1. The molecule has 0 atom stereocenters. The minimum Gasteiger partial charge on any atom is -0.246 e. The summed E-state index contributed by atoms with van der Waals surface area (Å²) >= 11 is 11.7. The molecule has 38 heavy (non-hydrogen) atoms. The lowest BCUT2D eigenvalue weighted by Crippen LogP contribution is -1.89. The van der Waals surface area contributed by atoms with Crippen molar-refractivity contribution in [1.82, 2.24) is 0 Å². The van der Waals surface area contributed by atoms with Gasteiger partial charge in [0, 0.05) is 16.1 Å². The van der Waals surface area contributed by atoms with Crippen LogP contribution < -0.4 is 0 Å². The van der Waals surface area contributed by atoms with E-state index >= 15 is 0 Å². The molecular formula is C34H28Cl2N2. The number of allylic oxidation sites excluding steroid dienone is 3. The fourth-order valence-corrected chi connectivity index (χ4v) is 4.16. The summed E-state index contributed by atoms with van der Waals surface area (Å²) in [5, 5.41) is 10.4. The van der Waals surface area contributed by atoms with Gasteiger partial charge in [0.25, 0.3) is 0 Å². The van der Waals surface area contributed by atoms with E-state index < -0.39 is 0 Å². The van der Waals surface area contributed by atoms with E-state index in [0.717, 1.165) is 58.0 Å². The molecule has 0 heterocycles. The van der Waals surface area contributed by atoms with Crippen LogP contribution in [0, 0.1) is 17.9 Å². The third-order valence-electron chi connectivity index (χ3n) is 5.94. The van der Waals surface area contributed by atoms with E-state index in [0.29, 0.717) is 0 Å². The Balaban J connectivity index is 0.000000211. The molecule has 0 saturated heterocycles. The number of benzene rings is 4. The van der Waals surface area contributed by atoms with Crippen molar-refractivity contribution in [3.05, 3.63) is 165 Å². The highest BCUT2D eigenvalue weighted by atomic mass is 35.5. The van der Waals surface area contributed by atoms with Crippen LogP contribution in [0.2, 0.25) is 10.0 Å². The SMILES string of the molecule is N#C/C=C(/CCc1ccc(Cl)cc1)c1ccccc1.[C-]#[N+]/C=C(\CCc1ccc(Cl)cc1)c1ccccc1. The molecule has 188 valence electrons. The van der Waals surface area contributed by atoms with Crippen LogP contribution in [0.15, 0.2) is 121 Å². The molecule has 0 aliphatic heterocycles. The average Bonchev–Trinajstić information content (AvgIpc) is 2.96. The lowest BCUT2D eigenvalue weighted by Gasteiger charge is -2.07. The number of aryl methyl sites for hydroxylation is 2. The third kappa shape index (κ3) is 9.76. The van der Waals surface area contributed by atoms with E-state index in [1.54, 1.807) is 12.3 Å². The van der Waals surface area contributed by atoms with Crippen molar-refractivity contribution < 1.29 is 0 Å². The Bertz CT molecular complexity index is 1300. The lowest BCUT2D eigenvalue weighted by molar-refractivity contribution is 1.02. The largest absolute Gasteiger partial charge is 0.246 e. The normalized spacial score (nSPS) is 11.1. The second-order valence-electron chi connectivity index (χ2n) is 8.57. The molecule has 0 saturated carbocycles. The van der Waals surface area contributed by atoms with Gasteiger partial charge in [0.1, 0.15) is 0 Å². The van der Waals surface area contributed by atoms with Gasteiger partial charge in [-0.15, -0.1) is 0 Å². The van der Waals surface area contributed by atoms with E-state index in [4.69, 9.17) is 35.0 Å². The van der Waals surface area contributed by atoms with Gasteiger partial charge in [-0.05, 0) is 83.3 Å². The van der Waals surface area contributed by atoms with Gasteiger partial charge in [-0.3, -0.25) is 0 Å². The molecule has 0 aromatic heterocycles. The van der Waals surface area contributed by atoms with Crippen molar-refractivity contribution in [2.45, 2.75) is 25.7 Å². The predicted molar refractivity (Wildman–Crippen MR) is 161 cm³/mol. The van der Waals surface area contributed by atoms with Crippen molar-refractivity contribution in [3.63, 3.8) is 0 Å². The molecular weight excluding hydrogens is 507 g/mol. The number of rotatable bonds is 8. The number of hydrogen-bond donors (Lipinski definition) is 0. The van der Waals surface area contributed by atoms with E-state index in [-0.39, 0.29) is 0 Å². The second kappa shape index (κ2) is 15.9. The fourth-order valence-electron chi connectivity index (χ4n) is 3.90. The molecule has 0 unspecified atom stereocenters. The molecule has 0 bridgehead atoms. The Kier molecular flexibility index (Phi) is 11.9. The van der Waals surface area contributed by atoms with Crippen molar-refractivity contribution in [1.29, 1.82) is 5.26 Å². The summed E-state index contributed by atoms with van der Waals surface area (Å²) < 4.78 is 0. The van der Waals surface area contributed by atoms with Crippen molar-refractivity contribution >= 4 is 34.3 Å². The number of nitriles is 1. The van der Waals surface area contributed by atoms with Gasteiger partial charge in [0.15, 0.2) is 6.20 Å². The van der Waals surface area contributed by atoms with Crippen molar-refractivity contribution in [3.8, 4) is 6.07 Å². The smallest absolute Gasteiger partial charge is 0.157 e. The first-order chi connectivity index (χ1) is 18.6. The van der Waals surface area contributed by atoms with Crippen molar-refractivity contribution in [2.75, 3.05) is 0 Å². The first-order valence-electron chi connectivity index (χ1n) is 12.3. The molecule has 4 aromatic rings. The molecule has 0 radical (unpaired) electrons. The Labute approximate surface area is 235 Å². The Morgan fingerprint density at radius 2 is 1.08 bits per heavy atom. The molecule has 0 fully saturated rings. The van der Waals surface area contributed by atoms with Crippen LogP contribution in [-0.4, -0.2) is 0 Å². The first kappa shape index (κ1) is 28.5. The zero-order chi connectivity index (χ0) is 27.0. The van der Waals surface area contributed by atoms with E-state index in [1.807, 2.05) is 109 Å². The third-order valence-corrected chi connectivity index (χ3v) is 6.44. The highest BCUT2D eigenvalue weighted by molar-refractivity contribution is 6.30. The molecule has 0 spiro atoms. The number of hydrogen-bond acceptors (Lipinski definition) is 1. The van der Waals surface area contributed by atoms with Crippen LogP contribution in [0.5, 0.6) is 0 Å². The molecule has 0 N–H and O–H groups in total. The highest BCUT2D eigenvalue weighted by Gasteiger charge is 2.03. The minimum atomic E-state index is 0.750. The second-order valence-corrected chi connectivity index (χ2v) is 9.44. The van der Waals surface area contributed by atoms with E-state index in [9.17, 15) is 0 Å². The summed E-state index contributed by atoms with van der Waals surface area (Å²) in [7, 11) is 0. The molecule has 0 amide bonds. The van der Waals surface area contributed by atoms with Gasteiger partial charge in [0.2, 0.25) is 0 Å². The Hall–Kier alpha value is -4.08. The van der Waals surface area contributed by atoms with Crippen LogP contribution in [0.1, 0.15) is 35.1 Å². The van der Waals surface area contributed by atoms with Gasteiger partial charge in [0.05, 0.1) is 12.6 Å². The molecule has 0 aliphatic carbocycles. The minimum absolute atomic E-state index is 0.750. The van der Waals surface area contributed by atoms with Crippen LogP contribution >= 0.6 is 23.2 Å². The van der Waals surface area contributed by atoms with Gasteiger partial charge in [-0.25, -0.2) is 4.85 Å². The zero-order valence-corrected chi connectivity index (χ0v) is 22.5. The van der Waals surface area contributed by atoms with Crippen LogP contribution in [0.25, 0.3) is 16.0 Å². The van der Waals surface area contributed by atoms with Gasteiger partial charge >= 0.3 is 0 Å². The summed E-state index contributed by atoms with van der Waals surface area (Å²) in [6, 6.07) is 37.9. The zero-order valence-electron chi connectivity index (χ0n) is 21.0. The highest BCUT2D eigenvalue weighted by Crippen LogP contribution is 2.22. The monoisotopic (exact) mass is 534 g/mol. The van der Waals surface area contributed by atoms with E-state index in [2.05, 4.69) is 10.9 Å². The molecule has 0 aliphatic rings. The maximum absolute atomic E-state index is 8.89. The number of nitrogens with zero attached hydrogens (tertiary/aromatic N) is 2. The molecule has 4 aromatic carbocycles. The topological polar surface area (TPSA) is 28.1 Å². The van der Waals surface area contributed by atoms with Crippen LogP contribution in [0.4, 0.5) is 0 Å². The maximum Gasteiger partial charge on any atom is 0.157 e. The Morgan fingerprint density at radius 1 is 0.658 bits per heavy atom. The summed E-state index contributed by atoms with van der Waals surface area (Å²) in [6.45, 7) is 7.02. The summed E-state index contributed by atoms with van der Waals surface area (Å²) in [5.41, 5.74) is 6.83. The predicted octanol–water partition coefficient (Wildman–Crippen LogP) is 10.1. The average molecular weight is 536 g/mol. The Morgan fingerprint density at radius 3 is 1.50 bits per heavy atom. The van der Waals surface area contributed by atoms with Crippen LogP contribution in [0.3, 0.4) is 0 Å². The summed E-state index contributed by atoms with van der Waals surface area (Å²) in [6.07, 6.45) is 6.76. The summed E-state index contributed by atoms with van der Waals surface area (Å²) in [5.74, 6) is 0. The van der Waals surface area contributed by atoms with E-state index in [1.165, 1.54) is 11.1 Å². The fraction of sp³-hybridized carbons (Fsp3) is 0.118. The maximum atomic E-state index is 8.89. The molecule has 2 nitrogen and oxygen atoms in total. The van der Waals surface area contributed by atoms with Gasteiger partial charge in [-0.1, -0.05) is 108 Å². The molecule has 4 rings (SSSR count). The lowest BCUT2D eigenvalue weighted by atomic mass is 9.98. The standard InChI is InChI=1S/2C17H14ClN/c1-19-13-16(15-5-3-2-4-6-15)10-7-14-8-11-17(18)12-9-14;18-17-10-7-14(8-11-17)6-9-16(12-13-19)15-4-2-1-3-5-15/h2-6,8-9,11-13H,7,10H2;1-5,7-8,10-12H,6,9H2/b16-13+;16-12-. The summed E-state index contributed by atoms with van der Waals surface area (Å²) in [4.78, 5) is 3.41.